The van der Waals surface area contributed by atoms with Crippen LogP contribution in [0.2, 0.25) is 0 Å². The van der Waals surface area contributed by atoms with Gasteiger partial charge in [0.25, 0.3) is 5.91 Å². The third-order valence-corrected chi connectivity index (χ3v) is 4.68. The molecule has 3 heterocycles. The molecule has 3 aromatic heterocycles. The molecule has 0 spiro atoms. The molecular formula is C20H20N6O2. The SMILES string of the molecule is COc1ccc2nc(NC(=O)c3cc(C)n(Cc4cnccn4)c3C)[nH]c2c1. The number of aromatic nitrogens is 5. The molecule has 8 nitrogen and oxygen atoms in total. The zero-order valence-electron chi connectivity index (χ0n) is 15.9. The Bertz CT molecular complexity index is 1150. The highest BCUT2D eigenvalue weighted by Gasteiger charge is 2.17. The van der Waals surface area contributed by atoms with Gasteiger partial charge < -0.3 is 14.3 Å². The fraction of sp³-hybridized carbons (Fsp3) is 0.200. The molecule has 0 bridgehead atoms. The summed E-state index contributed by atoms with van der Waals surface area (Å²) in [5.74, 6) is 0.901. The van der Waals surface area contributed by atoms with Crippen LogP contribution in [0.3, 0.4) is 0 Å². The van der Waals surface area contributed by atoms with Crippen LogP contribution in [-0.4, -0.2) is 37.5 Å². The number of ether oxygens (including phenoxy) is 1. The number of hydrogen-bond acceptors (Lipinski definition) is 5. The first-order valence-corrected chi connectivity index (χ1v) is 8.82. The second kappa shape index (κ2) is 7.15. The Morgan fingerprint density at radius 3 is 2.86 bits per heavy atom. The van der Waals surface area contributed by atoms with Gasteiger partial charge in [0, 0.05) is 29.8 Å². The van der Waals surface area contributed by atoms with Crippen molar-refractivity contribution in [2.24, 2.45) is 0 Å². The molecule has 28 heavy (non-hydrogen) atoms. The summed E-state index contributed by atoms with van der Waals surface area (Å²) in [5, 5.41) is 2.84. The summed E-state index contributed by atoms with van der Waals surface area (Å²) in [4.78, 5) is 28.7. The van der Waals surface area contributed by atoms with Crippen LogP contribution in [0.5, 0.6) is 5.75 Å². The first kappa shape index (κ1) is 17.7. The Morgan fingerprint density at radius 2 is 2.11 bits per heavy atom. The average molecular weight is 376 g/mol. The number of fused-ring (bicyclic) bond motifs is 1. The molecule has 0 aliphatic rings. The third kappa shape index (κ3) is 3.32. The van der Waals surface area contributed by atoms with Gasteiger partial charge in [-0.25, -0.2) is 4.98 Å². The van der Waals surface area contributed by atoms with Crippen molar-refractivity contribution in [1.82, 2.24) is 24.5 Å². The number of nitrogens with one attached hydrogen (secondary N) is 2. The van der Waals surface area contributed by atoms with Gasteiger partial charge in [-0.05, 0) is 32.0 Å². The normalized spacial score (nSPS) is 11.0. The zero-order chi connectivity index (χ0) is 19.7. The lowest BCUT2D eigenvalue weighted by Crippen LogP contribution is -2.14. The summed E-state index contributed by atoms with van der Waals surface area (Å²) in [7, 11) is 1.61. The Morgan fingerprint density at radius 1 is 1.25 bits per heavy atom. The number of amides is 1. The molecular weight excluding hydrogens is 356 g/mol. The lowest BCUT2D eigenvalue weighted by atomic mass is 10.2. The second-order valence-corrected chi connectivity index (χ2v) is 6.49. The molecule has 0 aliphatic carbocycles. The Balaban J connectivity index is 1.57. The molecule has 8 heteroatoms. The summed E-state index contributed by atoms with van der Waals surface area (Å²) in [6.07, 6.45) is 5.02. The van der Waals surface area contributed by atoms with Gasteiger partial charge in [0.05, 0.1) is 42.1 Å². The van der Waals surface area contributed by atoms with Crippen LogP contribution in [0.1, 0.15) is 27.4 Å². The highest BCUT2D eigenvalue weighted by molar-refractivity contribution is 6.05. The molecule has 0 radical (unpaired) electrons. The summed E-state index contributed by atoms with van der Waals surface area (Å²) in [5.41, 5.74) is 4.81. The fourth-order valence-electron chi connectivity index (χ4n) is 3.20. The molecule has 0 unspecified atom stereocenters. The standard InChI is InChI=1S/C20H20N6O2/c1-12-8-16(13(2)26(12)11-14-10-21-6-7-22-14)19(27)25-20-23-17-5-4-15(28-3)9-18(17)24-20/h4-10H,11H2,1-3H3,(H2,23,24,25,27). The first-order chi connectivity index (χ1) is 13.5. The van der Waals surface area contributed by atoms with Crippen molar-refractivity contribution in [1.29, 1.82) is 0 Å². The van der Waals surface area contributed by atoms with Gasteiger partial charge in [-0.3, -0.25) is 20.1 Å². The van der Waals surface area contributed by atoms with Crippen molar-refractivity contribution in [3.05, 3.63) is 65.5 Å². The Kier molecular flexibility index (Phi) is 4.52. The van der Waals surface area contributed by atoms with Crippen molar-refractivity contribution < 1.29 is 9.53 Å². The molecule has 0 saturated carbocycles. The van der Waals surface area contributed by atoms with E-state index in [4.69, 9.17) is 4.74 Å². The number of carbonyl (C=O) groups excluding carboxylic acids is 1. The summed E-state index contributed by atoms with van der Waals surface area (Å²) >= 11 is 0. The molecule has 0 saturated heterocycles. The molecule has 4 aromatic rings. The van der Waals surface area contributed by atoms with Crippen LogP contribution in [0.25, 0.3) is 11.0 Å². The van der Waals surface area contributed by atoms with Crippen LogP contribution in [0, 0.1) is 13.8 Å². The lowest BCUT2D eigenvalue weighted by molar-refractivity contribution is 0.102. The summed E-state index contributed by atoms with van der Waals surface area (Å²) in [6.45, 7) is 4.44. The van der Waals surface area contributed by atoms with E-state index in [-0.39, 0.29) is 5.91 Å². The molecule has 4 rings (SSSR count). The molecule has 142 valence electrons. The number of aromatic amines is 1. The van der Waals surface area contributed by atoms with E-state index >= 15 is 0 Å². The average Bonchev–Trinajstić information content (AvgIpc) is 3.23. The minimum Gasteiger partial charge on any atom is -0.497 e. The maximum absolute atomic E-state index is 12.8. The molecule has 0 aliphatic heterocycles. The Labute approximate surface area is 161 Å². The quantitative estimate of drug-likeness (QED) is 0.558. The predicted molar refractivity (Wildman–Crippen MR) is 106 cm³/mol. The van der Waals surface area contributed by atoms with Crippen molar-refractivity contribution in [2.75, 3.05) is 12.4 Å². The van der Waals surface area contributed by atoms with Gasteiger partial charge in [-0.1, -0.05) is 0 Å². The van der Waals surface area contributed by atoms with E-state index in [1.54, 1.807) is 25.7 Å². The Hall–Kier alpha value is -3.68. The summed E-state index contributed by atoms with van der Waals surface area (Å²) in [6, 6.07) is 7.37. The zero-order valence-corrected chi connectivity index (χ0v) is 15.9. The molecule has 0 atom stereocenters. The minimum absolute atomic E-state index is 0.218. The molecule has 0 fully saturated rings. The smallest absolute Gasteiger partial charge is 0.259 e. The van der Waals surface area contributed by atoms with Gasteiger partial charge in [0.15, 0.2) is 0 Å². The van der Waals surface area contributed by atoms with Crippen LogP contribution >= 0.6 is 0 Å². The fourth-order valence-corrected chi connectivity index (χ4v) is 3.20. The number of aryl methyl sites for hydroxylation is 1. The van der Waals surface area contributed by atoms with Crippen LogP contribution in [-0.2, 0) is 6.54 Å². The van der Waals surface area contributed by atoms with Crippen LogP contribution in [0.15, 0.2) is 42.9 Å². The molecule has 1 amide bonds. The summed E-state index contributed by atoms with van der Waals surface area (Å²) < 4.78 is 7.26. The highest BCUT2D eigenvalue weighted by atomic mass is 16.5. The van der Waals surface area contributed by atoms with Crippen molar-refractivity contribution in [2.45, 2.75) is 20.4 Å². The van der Waals surface area contributed by atoms with Crippen LogP contribution < -0.4 is 10.1 Å². The van der Waals surface area contributed by atoms with E-state index < -0.39 is 0 Å². The predicted octanol–water partition coefficient (Wildman–Crippen LogP) is 3.08. The number of H-pyrrole nitrogens is 1. The van der Waals surface area contributed by atoms with Crippen molar-refractivity contribution in [3.63, 3.8) is 0 Å². The number of hydrogen-bond donors (Lipinski definition) is 2. The van der Waals surface area contributed by atoms with E-state index in [2.05, 4.69) is 25.3 Å². The van der Waals surface area contributed by atoms with E-state index in [0.29, 0.717) is 18.1 Å². The molecule has 2 N–H and O–H groups in total. The van der Waals surface area contributed by atoms with E-state index in [1.165, 1.54) is 0 Å². The van der Waals surface area contributed by atoms with E-state index in [1.807, 2.05) is 42.7 Å². The monoisotopic (exact) mass is 376 g/mol. The number of rotatable bonds is 5. The topological polar surface area (TPSA) is 97.7 Å². The maximum atomic E-state index is 12.8. The first-order valence-electron chi connectivity index (χ1n) is 8.82. The van der Waals surface area contributed by atoms with Gasteiger partial charge >= 0.3 is 0 Å². The second-order valence-electron chi connectivity index (χ2n) is 6.49. The number of imidazole rings is 1. The van der Waals surface area contributed by atoms with Crippen LogP contribution in [0.4, 0.5) is 5.95 Å². The largest absolute Gasteiger partial charge is 0.497 e. The van der Waals surface area contributed by atoms with Gasteiger partial charge in [0.2, 0.25) is 5.95 Å². The van der Waals surface area contributed by atoms with Gasteiger partial charge in [-0.15, -0.1) is 0 Å². The number of benzene rings is 1. The van der Waals surface area contributed by atoms with Crippen molar-refractivity contribution >= 4 is 22.9 Å². The van der Waals surface area contributed by atoms with E-state index in [9.17, 15) is 4.79 Å². The minimum atomic E-state index is -0.218. The number of methoxy groups -OCH3 is 1. The number of carbonyl (C=O) groups is 1. The molecule has 1 aromatic carbocycles. The lowest BCUT2D eigenvalue weighted by Gasteiger charge is -2.09. The third-order valence-electron chi connectivity index (χ3n) is 4.68. The number of nitrogens with zero attached hydrogens (tertiary/aromatic N) is 4. The van der Waals surface area contributed by atoms with E-state index in [0.717, 1.165) is 33.9 Å². The van der Waals surface area contributed by atoms with Gasteiger partial charge in [0.1, 0.15) is 5.75 Å². The highest BCUT2D eigenvalue weighted by Crippen LogP contribution is 2.22. The number of anilines is 1. The maximum Gasteiger partial charge on any atom is 0.259 e. The van der Waals surface area contributed by atoms with Crippen molar-refractivity contribution in [3.8, 4) is 5.75 Å². The van der Waals surface area contributed by atoms with Gasteiger partial charge in [-0.2, -0.15) is 0 Å².